The standard InChI is InChI=1S/C10H19NO2S/c12-10(13)4-8-14-9-7-11-5-2-1-3-6-11/h1-9H2,(H,12,13). The van der Waals surface area contributed by atoms with Crippen molar-refractivity contribution in [3.05, 3.63) is 0 Å². The number of likely N-dealkylation sites (tertiary alicyclic amines) is 1. The molecule has 0 radical (unpaired) electrons. The molecule has 1 N–H and O–H groups in total. The third-order valence-corrected chi connectivity index (χ3v) is 3.60. The molecule has 1 rings (SSSR count). The normalized spacial score (nSPS) is 18.3. The lowest BCUT2D eigenvalue weighted by Crippen LogP contribution is -3.13. The summed E-state index contributed by atoms with van der Waals surface area (Å²) in [4.78, 5) is 11.8. The van der Waals surface area contributed by atoms with Crippen molar-refractivity contribution in [2.75, 3.05) is 31.1 Å². The van der Waals surface area contributed by atoms with Crippen LogP contribution in [0.15, 0.2) is 0 Å². The second-order valence-corrected chi connectivity index (χ2v) is 5.02. The first-order chi connectivity index (χ1) is 6.79. The first-order valence-corrected chi connectivity index (χ1v) is 6.55. The van der Waals surface area contributed by atoms with E-state index in [1.165, 1.54) is 38.9 Å². The number of carboxylic acids is 1. The predicted molar refractivity (Wildman–Crippen MR) is 56.4 cm³/mol. The summed E-state index contributed by atoms with van der Waals surface area (Å²) in [7, 11) is 0. The first kappa shape index (κ1) is 11.9. The Kier molecular flexibility index (Phi) is 6.03. The van der Waals surface area contributed by atoms with Gasteiger partial charge in [-0.25, -0.2) is 0 Å². The van der Waals surface area contributed by atoms with Gasteiger partial charge in [-0.2, -0.15) is 11.8 Å². The molecule has 0 saturated carbocycles. The van der Waals surface area contributed by atoms with E-state index >= 15 is 0 Å². The number of hydrogen-bond donors (Lipinski definition) is 1. The number of carboxylic acid groups (broad SMARTS) is 1. The van der Waals surface area contributed by atoms with Crippen molar-refractivity contribution < 1.29 is 14.8 Å². The molecule has 0 aromatic heterocycles. The van der Waals surface area contributed by atoms with Crippen LogP contribution in [0.1, 0.15) is 25.7 Å². The fraction of sp³-hybridized carbons (Fsp3) is 0.900. The van der Waals surface area contributed by atoms with Gasteiger partial charge in [0.2, 0.25) is 0 Å². The highest BCUT2D eigenvalue weighted by atomic mass is 32.2. The maximum Gasteiger partial charge on any atom is 0.0862 e. The molecule has 1 aliphatic heterocycles. The largest absolute Gasteiger partial charge is 0.550 e. The van der Waals surface area contributed by atoms with E-state index in [1.807, 2.05) is 0 Å². The zero-order valence-corrected chi connectivity index (χ0v) is 9.41. The first-order valence-electron chi connectivity index (χ1n) is 5.40. The highest BCUT2D eigenvalue weighted by Crippen LogP contribution is 2.00. The van der Waals surface area contributed by atoms with E-state index in [4.69, 9.17) is 0 Å². The molecule has 1 heterocycles. The molecule has 1 saturated heterocycles. The molecule has 4 heteroatoms. The topological polar surface area (TPSA) is 44.6 Å². The van der Waals surface area contributed by atoms with E-state index in [0.717, 1.165) is 5.75 Å². The number of rotatable bonds is 6. The maximum atomic E-state index is 10.1. The molecule has 0 bridgehead atoms. The third-order valence-electron chi connectivity index (χ3n) is 2.61. The highest BCUT2D eigenvalue weighted by molar-refractivity contribution is 7.99. The van der Waals surface area contributed by atoms with Crippen LogP contribution in [0, 0.1) is 0 Å². The van der Waals surface area contributed by atoms with Gasteiger partial charge in [-0.05, 0) is 31.4 Å². The Balaban J connectivity index is 1.90. The number of nitrogens with one attached hydrogen (secondary N) is 1. The SMILES string of the molecule is O=C([O-])CCSCC[NH+]1CCCCC1. The van der Waals surface area contributed by atoms with Gasteiger partial charge in [0, 0.05) is 11.7 Å². The average Bonchev–Trinajstić information content (AvgIpc) is 2.18. The summed E-state index contributed by atoms with van der Waals surface area (Å²) < 4.78 is 0. The van der Waals surface area contributed by atoms with Crippen molar-refractivity contribution >= 4 is 17.7 Å². The molecule has 0 aromatic rings. The van der Waals surface area contributed by atoms with Gasteiger partial charge in [0.15, 0.2) is 0 Å². The maximum absolute atomic E-state index is 10.1. The zero-order valence-electron chi connectivity index (χ0n) is 8.59. The fourth-order valence-electron chi connectivity index (χ4n) is 1.78. The summed E-state index contributed by atoms with van der Waals surface area (Å²) in [6.45, 7) is 3.81. The second-order valence-electron chi connectivity index (χ2n) is 3.80. The Hall–Kier alpha value is -0.220. The summed E-state index contributed by atoms with van der Waals surface area (Å²) in [6.07, 6.45) is 4.30. The summed E-state index contributed by atoms with van der Waals surface area (Å²) in [5.74, 6) is 0.862. The quantitative estimate of drug-likeness (QED) is 0.576. The monoisotopic (exact) mass is 217 g/mol. The van der Waals surface area contributed by atoms with E-state index in [-0.39, 0.29) is 6.42 Å². The molecule has 0 aliphatic carbocycles. The molecule has 14 heavy (non-hydrogen) atoms. The van der Waals surface area contributed by atoms with Crippen molar-refractivity contribution in [3.63, 3.8) is 0 Å². The van der Waals surface area contributed by atoms with E-state index in [0.29, 0.717) is 5.75 Å². The predicted octanol–water partition coefficient (Wildman–Crippen LogP) is -1.07. The van der Waals surface area contributed by atoms with Gasteiger partial charge in [0.25, 0.3) is 0 Å². The Bertz CT molecular complexity index is 170. The summed E-state index contributed by atoms with van der Waals surface area (Å²) >= 11 is 1.73. The minimum absolute atomic E-state index is 0.194. The van der Waals surface area contributed by atoms with Gasteiger partial charge < -0.3 is 14.8 Å². The molecule has 0 unspecified atom stereocenters. The van der Waals surface area contributed by atoms with Crippen LogP contribution in [0.3, 0.4) is 0 Å². The molecule has 0 spiro atoms. The van der Waals surface area contributed by atoms with E-state index in [1.54, 1.807) is 16.7 Å². The molecular formula is C10H19NO2S. The molecule has 1 aliphatic rings. The Labute approximate surface area is 89.9 Å². The van der Waals surface area contributed by atoms with Crippen molar-refractivity contribution in [1.82, 2.24) is 0 Å². The average molecular weight is 217 g/mol. The van der Waals surface area contributed by atoms with Crippen molar-refractivity contribution in [1.29, 1.82) is 0 Å². The van der Waals surface area contributed by atoms with Gasteiger partial charge >= 0.3 is 0 Å². The van der Waals surface area contributed by atoms with Crippen molar-refractivity contribution in [2.45, 2.75) is 25.7 Å². The van der Waals surface area contributed by atoms with Crippen LogP contribution in [0.2, 0.25) is 0 Å². The van der Waals surface area contributed by atoms with Crippen molar-refractivity contribution in [2.24, 2.45) is 0 Å². The van der Waals surface area contributed by atoms with Gasteiger partial charge in [-0.1, -0.05) is 0 Å². The van der Waals surface area contributed by atoms with E-state index in [9.17, 15) is 9.90 Å². The van der Waals surface area contributed by atoms with E-state index < -0.39 is 5.97 Å². The minimum atomic E-state index is -0.928. The minimum Gasteiger partial charge on any atom is -0.550 e. The van der Waals surface area contributed by atoms with Crippen LogP contribution >= 0.6 is 11.8 Å². The van der Waals surface area contributed by atoms with Crippen LogP contribution in [-0.2, 0) is 4.79 Å². The van der Waals surface area contributed by atoms with Gasteiger partial charge in [0.05, 0.1) is 19.6 Å². The molecule has 0 aromatic carbocycles. The van der Waals surface area contributed by atoms with Crippen LogP contribution in [0.25, 0.3) is 0 Å². The lowest BCUT2D eigenvalue weighted by Gasteiger charge is -2.23. The van der Waals surface area contributed by atoms with Crippen LogP contribution in [0.4, 0.5) is 0 Å². The van der Waals surface area contributed by atoms with Crippen molar-refractivity contribution in [3.8, 4) is 0 Å². The lowest BCUT2D eigenvalue weighted by atomic mass is 10.1. The van der Waals surface area contributed by atoms with Gasteiger partial charge in [-0.15, -0.1) is 0 Å². The molecular weight excluding hydrogens is 198 g/mol. The highest BCUT2D eigenvalue weighted by Gasteiger charge is 2.12. The number of piperidine rings is 1. The Morgan fingerprint density at radius 2 is 1.93 bits per heavy atom. The van der Waals surface area contributed by atoms with Crippen LogP contribution in [-0.4, -0.2) is 37.1 Å². The molecule has 1 fully saturated rings. The third kappa shape index (κ3) is 5.50. The number of hydrogen-bond acceptors (Lipinski definition) is 3. The summed E-state index contributed by atoms with van der Waals surface area (Å²) in [5, 5.41) is 10.1. The Morgan fingerprint density at radius 3 is 2.57 bits per heavy atom. The number of carbonyl (C=O) groups excluding carboxylic acids is 1. The van der Waals surface area contributed by atoms with Crippen LogP contribution in [0.5, 0.6) is 0 Å². The number of aliphatic carboxylic acids is 1. The fourth-order valence-corrected chi connectivity index (χ4v) is 2.72. The van der Waals surface area contributed by atoms with Gasteiger partial charge in [0.1, 0.15) is 0 Å². The van der Waals surface area contributed by atoms with Gasteiger partial charge in [-0.3, -0.25) is 0 Å². The summed E-state index contributed by atoms with van der Waals surface area (Å²) in [6, 6.07) is 0. The van der Waals surface area contributed by atoms with Crippen LogP contribution < -0.4 is 10.0 Å². The smallest absolute Gasteiger partial charge is 0.0862 e. The molecule has 82 valence electrons. The number of quaternary nitrogens is 1. The molecule has 3 nitrogen and oxygen atoms in total. The molecule has 0 amide bonds. The second kappa shape index (κ2) is 7.12. The Morgan fingerprint density at radius 1 is 1.21 bits per heavy atom. The zero-order chi connectivity index (χ0) is 10.2. The summed E-state index contributed by atoms with van der Waals surface area (Å²) in [5.41, 5.74) is 0. The lowest BCUT2D eigenvalue weighted by molar-refractivity contribution is -0.902. The molecule has 0 atom stereocenters. The van der Waals surface area contributed by atoms with E-state index in [2.05, 4.69) is 0 Å². The number of carbonyl (C=O) groups is 1. The number of thioether (sulfide) groups is 1.